The molecule has 0 aromatic rings. The van der Waals surface area contributed by atoms with Gasteiger partial charge < -0.3 is 26.4 Å². The van der Waals surface area contributed by atoms with Gasteiger partial charge in [0.1, 0.15) is 6.04 Å². The van der Waals surface area contributed by atoms with Crippen molar-refractivity contribution in [2.75, 3.05) is 6.54 Å². The minimum absolute atomic E-state index is 0.0111. The maximum atomic E-state index is 10.6. The summed E-state index contributed by atoms with van der Waals surface area (Å²) >= 11 is 0. The highest BCUT2D eigenvalue weighted by Crippen LogP contribution is 2.29. The van der Waals surface area contributed by atoms with Crippen LogP contribution in [0.4, 0.5) is 0 Å². The fraction of sp³-hybridized carbons (Fsp3) is 0.667. The second-order valence-electron chi connectivity index (χ2n) is 3.01. The van der Waals surface area contributed by atoms with Crippen LogP contribution in [0, 0.1) is 0 Å². The molecular formula is C6H15N4O5P. The SMILES string of the molecule is NC(N)=NCCCC(NP(=O)(O)O)C(=O)O. The van der Waals surface area contributed by atoms with Crippen molar-refractivity contribution in [3.8, 4) is 0 Å². The van der Waals surface area contributed by atoms with Crippen molar-refractivity contribution in [1.82, 2.24) is 5.09 Å². The van der Waals surface area contributed by atoms with Crippen LogP contribution in [0.5, 0.6) is 0 Å². The number of guanidine groups is 1. The Kier molecular flexibility index (Phi) is 5.97. The number of nitrogens with one attached hydrogen (secondary N) is 1. The summed E-state index contributed by atoms with van der Waals surface area (Å²) in [4.78, 5) is 31.3. The van der Waals surface area contributed by atoms with Gasteiger partial charge in [-0.15, -0.1) is 0 Å². The van der Waals surface area contributed by atoms with E-state index in [1.54, 1.807) is 5.09 Å². The van der Waals surface area contributed by atoms with E-state index in [9.17, 15) is 9.36 Å². The summed E-state index contributed by atoms with van der Waals surface area (Å²) in [6.07, 6.45) is 0.305. The molecule has 10 heteroatoms. The monoisotopic (exact) mass is 254 g/mol. The average molecular weight is 254 g/mol. The molecule has 0 aromatic carbocycles. The van der Waals surface area contributed by atoms with Gasteiger partial charge in [-0.25, -0.2) is 9.65 Å². The lowest BCUT2D eigenvalue weighted by atomic mass is 10.2. The van der Waals surface area contributed by atoms with Gasteiger partial charge in [0.25, 0.3) is 0 Å². The summed E-state index contributed by atoms with van der Waals surface area (Å²) in [6.45, 7) is 0.203. The summed E-state index contributed by atoms with van der Waals surface area (Å²) < 4.78 is 10.5. The zero-order valence-electron chi connectivity index (χ0n) is 8.41. The summed E-state index contributed by atoms with van der Waals surface area (Å²) in [7, 11) is -4.56. The van der Waals surface area contributed by atoms with Crippen LogP contribution in [0.1, 0.15) is 12.8 Å². The Labute approximate surface area is 91.8 Å². The van der Waals surface area contributed by atoms with E-state index in [4.69, 9.17) is 26.4 Å². The lowest BCUT2D eigenvalue weighted by Crippen LogP contribution is -2.34. The van der Waals surface area contributed by atoms with Crippen molar-refractivity contribution in [2.45, 2.75) is 18.9 Å². The Morgan fingerprint density at radius 3 is 2.38 bits per heavy atom. The average Bonchev–Trinajstić information content (AvgIpc) is 2.07. The number of nitrogens with zero attached hydrogens (tertiary/aromatic N) is 1. The zero-order chi connectivity index (χ0) is 12.8. The number of carbonyl (C=O) groups is 1. The summed E-state index contributed by atoms with van der Waals surface area (Å²) in [6, 6.07) is -1.32. The van der Waals surface area contributed by atoms with E-state index in [0.717, 1.165) is 0 Å². The summed E-state index contributed by atoms with van der Waals surface area (Å²) in [5.74, 6) is -1.46. The topological polar surface area (TPSA) is 171 Å². The number of carboxylic acids is 1. The van der Waals surface area contributed by atoms with Gasteiger partial charge in [-0.2, -0.15) is 0 Å². The molecule has 0 aliphatic rings. The molecule has 0 saturated carbocycles. The van der Waals surface area contributed by atoms with Gasteiger partial charge in [-0.1, -0.05) is 0 Å². The third kappa shape index (κ3) is 8.18. The molecule has 0 bridgehead atoms. The summed E-state index contributed by atoms with van der Waals surface area (Å²) in [5.41, 5.74) is 10.1. The molecule has 0 heterocycles. The molecule has 16 heavy (non-hydrogen) atoms. The van der Waals surface area contributed by atoms with Gasteiger partial charge in [0.2, 0.25) is 0 Å². The number of hydrogen-bond acceptors (Lipinski definition) is 3. The number of rotatable bonds is 7. The van der Waals surface area contributed by atoms with Gasteiger partial charge in [0.15, 0.2) is 5.96 Å². The van der Waals surface area contributed by atoms with Gasteiger partial charge in [0.05, 0.1) is 0 Å². The number of aliphatic imine (C=N–C) groups is 1. The first-order valence-corrected chi connectivity index (χ1v) is 5.95. The molecule has 0 amide bonds. The van der Waals surface area contributed by atoms with E-state index >= 15 is 0 Å². The molecule has 0 aromatic heterocycles. The van der Waals surface area contributed by atoms with Gasteiger partial charge in [-0.3, -0.25) is 9.79 Å². The van der Waals surface area contributed by atoms with Gasteiger partial charge in [-0.05, 0) is 12.8 Å². The minimum Gasteiger partial charge on any atom is -0.480 e. The van der Waals surface area contributed by atoms with Crippen LogP contribution in [-0.2, 0) is 9.36 Å². The van der Waals surface area contributed by atoms with Crippen molar-refractivity contribution in [1.29, 1.82) is 0 Å². The Bertz CT molecular complexity index is 310. The van der Waals surface area contributed by atoms with Crippen LogP contribution in [-0.4, -0.2) is 39.4 Å². The molecule has 0 saturated heterocycles. The Hall–Kier alpha value is -1.15. The number of nitrogens with two attached hydrogens (primary N) is 2. The van der Waals surface area contributed by atoms with Crippen LogP contribution >= 0.6 is 7.75 Å². The normalized spacial score (nSPS) is 13.1. The highest BCUT2D eigenvalue weighted by atomic mass is 31.2. The van der Waals surface area contributed by atoms with E-state index in [-0.39, 0.29) is 18.9 Å². The van der Waals surface area contributed by atoms with Crippen LogP contribution in [0.3, 0.4) is 0 Å². The van der Waals surface area contributed by atoms with E-state index < -0.39 is 19.8 Å². The number of aliphatic carboxylic acids is 1. The van der Waals surface area contributed by atoms with Gasteiger partial charge in [0, 0.05) is 6.54 Å². The Morgan fingerprint density at radius 1 is 1.44 bits per heavy atom. The quantitative estimate of drug-likeness (QED) is 0.133. The smallest absolute Gasteiger partial charge is 0.401 e. The minimum atomic E-state index is -4.56. The largest absolute Gasteiger partial charge is 0.480 e. The zero-order valence-corrected chi connectivity index (χ0v) is 9.30. The molecule has 0 fully saturated rings. The highest BCUT2D eigenvalue weighted by molar-refractivity contribution is 7.49. The van der Waals surface area contributed by atoms with Crippen molar-refractivity contribution in [2.24, 2.45) is 16.5 Å². The fourth-order valence-corrected chi connectivity index (χ4v) is 1.60. The second-order valence-corrected chi connectivity index (χ2v) is 4.36. The van der Waals surface area contributed by atoms with Crippen molar-refractivity contribution in [3.63, 3.8) is 0 Å². The molecule has 1 unspecified atom stereocenters. The standard InChI is InChI=1S/C6H15N4O5P/c7-6(8)9-3-1-2-4(5(11)12)10-16(13,14)15/h4H,1-3H2,(H,11,12)(H4,7,8,9)(H3,10,13,14,15). The lowest BCUT2D eigenvalue weighted by Gasteiger charge is -2.14. The first-order chi connectivity index (χ1) is 7.22. The maximum absolute atomic E-state index is 10.6. The van der Waals surface area contributed by atoms with Crippen LogP contribution < -0.4 is 16.6 Å². The van der Waals surface area contributed by atoms with Crippen LogP contribution in [0.15, 0.2) is 4.99 Å². The number of hydrogen-bond donors (Lipinski definition) is 6. The van der Waals surface area contributed by atoms with E-state index in [2.05, 4.69) is 4.99 Å². The Balaban J connectivity index is 4.11. The first-order valence-electron chi connectivity index (χ1n) is 4.34. The first kappa shape index (κ1) is 14.8. The Morgan fingerprint density at radius 2 is 2.00 bits per heavy atom. The maximum Gasteiger partial charge on any atom is 0.401 e. The predicted molar refractivity (Wildman–Crippen MR) is 56.5 cm³/mol. The van der Waals surface area contributed by atoms with Crippen molar-refractivity contribution >= 4 is 19.7 Å². The third-order valence-electron chi connectivity index (χ3n) is 1.57. The highest BCUT2D eigenvalue weighted by Gasteiger charge is 2.25. The predicted octanol–water partition coefficient (Wildman–Crippen LogP) is -1.82. The van der Waals surface area contributed by atoms with E-state index in [1.807, 2.05) is 0 Å². The van der Waals surface area contributed by atoms with Crippen molar-refractivity contribution in [3.05, 3.63) is 0 Å². The van der Waals surface area contributed by atoms with Crippen LogP contribution in [0.2, 0.25) is 0 Å². The molecule has 1 atom stereocenters. The molecule has 0 rings (SSSR count). The number of carboxylic acid groups (broad SMARTS) is 1. The lowest BCUT2D eigenvalue weighted by molar-refractivity contribution is -0.139. The van der Waals surface area contributed by atoms with E-state index in [1.165, 1.54) is 0 Å². The molecule has 0 radical (unpaired) electrons. The third-order valence-corrected chi connectivity index (χ3v) is 2.22. The van der Waals surface area contributed by atoms with Gasteiger partial charge >= 0.3 is 13.7 Å². The van der Waals surface area contributed by atoms with Crippen molar-refractivity contribution < 1.29 is 24.3 Å². The fourth-order valence-electron chi connectivity index (χ4n) is 0.950. The molecular weight excluding hydrogens is 239 g/mol. The second kappa shape index (κ2) is 6.44. The molecule has 0 spiro atoms. The molecule has 0 aliphatic heterocycles. The summed E-state index contributed by atoms with van der Waals surface area (Å²) in [5, 5.41) is 10.4. The molecule has 0 aliphatic carbocycles. The molecule has 8 N–H and O–H groups in total. The van der Waals surface area contributed by atoms with Crippen LogP contribution in [0.25, 0.3) is 0 Å². The van der Waals surface area contributed by atoms with E-state index in [0.29, 0.717) is 6.42 Å². The molecule has 9 nitrogen and oxygen atoms in total. The molecule has 94 valence electrons.